The standard InChI is InChI=1S/C16H24FNO/c1-5-13-7-6-11(3)18(13)16-8-10(2)15(17)9-14(16)12(4)19/h8-9,11-13,19H,5-7H2,1-4H3/t11?,12-,13?/m1/s1. The molecule has 1 aliphatic rings. The van der Waals surface area contributed by atoms with Gasteiger partial charge in [-0.25, -0.2) is 4.39 Å². The van der Waals surface area contributed by atoms with Crippen molar-refractivity contribution in [2.45, 2.75) is 65.1 Å². The lowest BCUT2D eigenvalue weighted by Gasteiger charge is -2.33. The van der Waals surface area contributed by atoms with Crippen LogP contribution >= 0.6 is 0 Å². The maximum Gasteiger partial charge on any atom is 0.126 e. The van der Waals surface area contributed by atoms with Crippen molar-refractivity contribution in [3.8, 4) is 0 Å². The van der Waals surface area contributed by atoms with Crippen LogP contribution in [-0.4, -0.2) is 17.2 Å². The zero-order valence-corrected chi connectivity index (χ0v) is 12.3. The van der Waals surface area contributed by atoms with Crippen molar-refractivity contribution in [1.29, 1.82) is 0 Å². The lowest BCUT2D eigenvalue weighted by Crippen LogP contribution is -2.35. The summed E-state index contributed by atoms with van der Waals surface area (Å²) in [4.78, 5) is 2.37. The van der Waals surface area contributed by atoms with E-state index in [9.17, 15) is 9.50 Å². The Morgan fingerprint density at radius 3 is 2.68 bits per heavy atom. The van der Waals surface area contributed by atoms with E-state index in [-0.39, 0.29) is 5.82 Å². The Balaban J connectivity index is 2.50. The average molecular weight is 265 g/mol. The van der Waals surface area contributed by atoms with Gasteiger partial charge in [-0.2, -0.15) is 0 Å². The normalized spacial score (nSPS) is 24.8. The predicted molar refractivity (Wildman–Crippen MR) is 77.0 cm³/mol. The molecule has 1 N–H and O–H groups in total. The van der Waals surface area contributed by atoms with Crippen molar-refractivity contribution >= 4 is 5.69 Å². The van der Waals surface area contributed by atoms with Crippen molar-refractivity contribution in [2.75, 3.05) is 4.90 Å². The first kappa shape index (κ1) is 14.3. The number of aliphatic hydroxyl groups excluding tert-OH is 1. The van der Waals surface area contributed by atoms with Gasteiger partial charge in [0.2, 0.25) is 0 Å². The second kappa shape index (κ2) is 5.49. The Morgan fingerprint density at radius 2 is 2.11 bits per heavy atom. The summed E-state index contributed by atoms with van der Waals surface area (Å²) in [5.41, 5.74) is 2.36. The van der Waals surface area contributed by atoms with Gasteiger partial charge in [0.15, 0.2) is 0 Å². The molecule has 0 spiro atoms. The van der Waals surface area contributed by atoms with Crippen molar-refractivity contribution in [1.82, 2.24) is 0 Å². The third-order valence-electron chi connectivity index (χ3n) is 4.29. The van der Waals surface area contributed by atoms with Crippen molar-refractivity contribution < 1.29 is 9.50 Å². The molecule has 19 heavy (non-hydrogen) atoms. The first-order valence-electron chi connectivity index (χ1n) is 7.22. The van der Waals surface area contributed by atoms with E-state index in [0.29, 0.717) is 23.2 Å². The molecule has 3 heteroatoms. The maximum atomic E-state index is 13.8. The van der Waals surface area contributed by atoms with Gasteiger partial charge < -0.3 is 10.0 Å². The molecule has 1 heterocycles. The molecule has 1 saturated heterocycles. The summed E-state index contributed by atoms with van der Waals surface area (Å²) in [6.07, 6.45) is 2.78. The molecule has 1 aromatic rings. The molecule has 0 saturated carbocycles. The minimum atomic E-state index is -0.643. The first-order valence-corrected chi connectivity index (χ1v) is 7.22. The molecule has 0 bridgehead atoms. The Kier molecular flexibility index (Phi) is 4.14. The van der Waals surface area contributed by atoms with Crippen LogP contribution in [0, 0.1) is 12.7 Å². The lowest BCUT2D eigenvalue weighted by atomic mass is 10.0. The smallest absolute Gasteiger partial charge is 0.126 e. The van der Waals surface area contributed by atoms with Crippen LogP contribution in [-0.2, 0) is 0 Å². The summed E-state index contributed by atoms with van der Waals surface area (Å²) in [6.45, 7) is 7.88. The van der Waals surface area contributed by atoms with Crippen LogP contribution in [0.5, 0.6) is 0 Å². The van der Waals surface area contributed by atoms with E-state index in [0.717, 1.165) is 18.5 Å². The molecule has 2 nitrogen and oxygen atoms in total. The number of hydrogen-bond acceptors (Lipinski definition) is 2. The molecule has 2 unspecified atom stereocenters. The van der Waals surface area contributed by atoms with Crippen molar-refractivity contribution in [3.63, 3.8) is 0 Å². The minimum Gasteiger partial charge on any atom is -0.389 e. The van der Waals surface area contributed by atoms with Crippen LogP contribution in [0.4, 0.5) is 10.1 Å². The summed E-state index contributed by atoms with van der Waals surface area (Å²) in [5, 5.41) is 9.93. The quantitative estimate of drug-likeness (QED) is 0.894. The second-order valence-corrected chi connectivity index (χ2v) is 5.73. The number of halogens is 1. The lowest BCUT2D eigenvalue weighted by molar-refractivity contribution is 0.199. The van der Waals surface area contributed by atoms with Crippen molar-refractivity contribution in [2.24, 2.45) is 0 Å². The largest absolute Gasteiger partial charge is 0.389 e. The molecule has 1 aliphatic heterocycles. The van der Waals surface area contributed by atoms with E-state index < -0.39 is 6.10 Å². The van der Waals surface area contributed by atoms with Crippen LogP contribution < -0.4 is 4.90 Å². The number of anilines is 1. The Hall–Kier alpha value is -1.09. The van der Waals surface area contributed by atoms with Crippen LogP contribution in [0.2, 0.25) is 0 Å². The van der Waals surface area contributed by atoms with E-state index in [1.807, 2.05) is 6.07 Å². The molecule has 106 valence electrons. The van der Waals surface area contributed by atoms with Crippen molar-refractivity contribution in [3.05, 3.63) is 29.1 Å². The van der Waals surface area contributed by atoms with E-state index in [1.165, 1.54) is 12.5 Å². The number of aliphatic hydroxyl groups is 1. The third-order valence-corrected chi connectivity index (χ3v) is 4.29. The number of rotatable bonds is 3. The SMILES string of the molecule is CCC1CCC(C)N1c1cc(C)c(F)cc1[C@@H](C)O. The van der Waals surface area contributed by atoms with Gasteiger partial charge >= 0.3 is 0 Å². The molecule has 2 rings (SSSR count). The molecule has 1 aromatic carbocycles. The summed E-state index contributed by atoms with van der Waals surface area (Å²) in [7, 11) is 0. The highest BCUT2D eigenvalue weighted by Crippen LogP contribution is 2.37. The van der Waals surface area contributed by atoms with E-state index in [4.69, 9.17) is 0 Å². The number of aryl methyl sites for hydroxylation is 1. The average Bonchev–Trinajstić information content (AvgIpc) is 2.73. The highest BCUT2D eigenvalue weighted by molar-refractivity contribution is 5.59. The van der Waals surface area contributed by atoms with Gasteiger partial charge in [0.25, 0.3) is 0 Å². The van der Waals surface area contributed by atoms with Gasteiger partial charge in [-0.05, 0) is 57.7 Å². The maximum absolute atomic E-state index is 13.8. The zero-order valence-electron chi connectivity index (χ0n) is 12.3. The third kappa shape index (κ3) is 2.62. The topological polar surface area (TPSA) is 23.5 Å². The number of hydrogen-bond donors (Lipinski definition) is 1. The number of benzene rings is 1. The number of nitrogens with zero attached hydrogens (tertiary/aromatic N) is 1. The fourth-order valence-corrected chi connectivity index (χ4v) is 3.15. The molecule has 0 radical (unpaired) electrons. The summed E-state index contributed by atoms with van der Waals surface area (Å²) in [6, 6.07) is 4.33. The van der Waals surface area contributed by atoms with Crippen LogP contribution in [0.1, 0.15) is 57.3 Å². The zero-order chi connectivity index (χ0) is 14.2. The molecular weight excluding hydrogens is 241 g/mol. The Labute approximate surface area is 115 Å². The Morgan fingerprint density at radius 1 is 1.42 bits per heavy atom. The molecule has 0 aromatic heterocycles. The monoisotopic (exact) mass is 265 g/mol. The molecule has 1 fully saturated rings. The minimum absolute atomic E-state index is 0.237. The van der Waals surface area contributed by atoms with E-state index >= 15 is 0 Å². The first-order chi connectivity index (χ1) is 8.95. The van der Waals surface area contributed by atoms with Gasteiger partial charge in [-0.15, -0.1) is 0 Å². The summed E-state index contributed by atoms with van der Waals surface area (Å²) in [5.74, 6) is -0.237. The van der Waals surface area contributed by atoms with Gasteiger partial charge in [0.05, 0.1) is 6.10 Å². The molecular formula is C16H24FNO. The highest BCUT2D eigenvalue weighted by atomic mass is 19.1. The highest BCUT2D eigenvalue weighted by Gasteiger charge is 2.31. The predicted octanol–water partition coefficient (Wildman–Crippen LogP) is 3.95. The van der Waals surface area contributed by atoms with Gasteiger partial charge in [0, 0.05) is 23.3 Å². The van der Waals surface area contributed by atoms with Crippen LogP contribution in [0.25, 0.3) is 0 Å². The van der Waals surface area contributed by atoms with Crippen LogP contribution in [0.15, 0.2) is 12.1 Å². The summed E-state index contributed by atoms with van der Waals surface area (Å²) < 4.78 is 13.8. The fourth-order valence-electron chi connectivity index (χ4n) is 3.15. The fraction of sp³-hybridized carbons (Fsp3) is 0.625. The van der Waals surface area contributed by atoms with Gasteiger partial charge in [0.1, 0.15) is 5.82 Å². The Bertz CT molecular complexity index is 458. The van der Waals surface area contributed by atoms with E-state index in [2.05, 4.69) is 18.7 Å². The van der Waals surface area contributed by atoms with Crippen LogP contribution in [0.3, 0.4) is 0 Å². The molecule has 3 atom stereocenters. The summed E-state index contributed by atoms with van der Waals surface area (Å²) >= 11 is 0. The van der Waals surface area contributed by atoms with Gasteiger partial charge in [-0.1, -0.05) is 6.92 Å². The van der Waals surface area contributed by atoms with E-state index in [1.54, 1.807) is 13.8 Å². The van der Waals surface area contributed by atoms with Gasteiger partial charge in [-0.3, -0.25) is 0 Å². The molecule has 0 amide bonds. The second-order valence-electron chi connectivity index (χ2n) is 5.73. The molecule has 0 aliphatic carbocycles.